The summed E-state index contributed by atoms with van der Waals surface area (Å²) in [5, 5.41) is 0.551. The molecule has 0 amide bonds. The minimum Gasteiger partial charge on any atom is -0.381 e. The Balaban J connectivity index is 2.22. The molecular formula is C11H15ClN2O. The first-order valence-corrected chi connectivity index (χ1v) is 5.78. The van der Waals surface area contributed by atoms with E-state index in [1.165, 1.54) is 0 Å². The van der Waals surface area contributed by atoms with E-state index >= 15 is 0 Å². The van der Waals surface area contributed by atoms with Crippen LogP contribution in [0.15, 0.2) is 6.07 Å². The van der Waals surface area contributed by atoms with E-state index in [0.717, 1.165) is 44.0 Å². The lowest BCUT2D eigenvalue weighted by Crippen LogP contribution is -2.06. The third kappa shape index (κ3) is 2.67. The summed E-state index contributed by atoms with van der Waals surface area (Å²) in [5.74, 6) is 1.18. The molecule has 0 saturated carbocycles. The number of aryl methyl sites for hydroxylation is 1. The molecule has 1 aliphatic rings. The SMILES string of the molecule is CCCc1cc(Cl)nc(C2CCOC2)n1. The van der Waals surface area contributed by atoms with Crippen molar-refractivity contribution in [2.45, 2.75) is 32.1 Å². The van der Waals surface area contributed by atoms with Gasteiger partial charge in [0.2, 0.25) is 0 Å². The fourth-order valence-electron chi connectivity index (χ4n) is 1.79. The van der Waals surface area contributed by atoms with Gasteiger partial charge >= 0.3 is 0 Å². The maximum absolute atomic E-state index is 5.97. The molecule has 1 atom stereocenters. The van der Waals surface area contributed by atoms with Crippen molar-refractivity contribution in [1.82, 2.24) is 9.97 Å². The highest BCUT2D eigenvalue weighted by Gasteiger charge is 2.21. The molecule has 1 aliphatic heterocycles. The highest BCUT2D eigenvalue weighted by atomic mass is 35.5. The van der Waals surface area contributed by atoms with Gasteiger partial charge in [-0.25, -0.2) is 9.97 Å². The van der Waals surface area contributed by atoms with E-state index in [-0.39, 0.29) is 0 Å². The monoisotopic (exact) mass is 226 g/mol. The van der Waals surface area contributed by atoms with Gasteiger partial charge in [0.1, 0.15) is 11.0 Å². The molecule has 0 N–H and O–H groups in total. The first kappa shape index (κ1) is 10.8. The van der Waals surface area contributed by atoms with Crippen LogP contribution < -0.4 is 0 Å². The maximum atomic E-state index is 5.97. The first-order valence-electron chi connectivity index (χ1n) is 5.40. The van der Waals surface area contributed by atoms with Crippen molar-refractivity contribution in [3.8, 4) is 0 Å². The van der Waals surface area contributed by atoms with E-state index < -0.39 is 0 Å². The van der Waals surface area contributed by atoms with E-state index in [4.69, 9.17) is 16.3 Å². The lowest BCUT2D eigenvalue weighted by Gasteiger charge is -2.08. The molecule has 1 unspecified atom stereocenters. The molecule has 2 rings (SSSR count). The molecule has 1 fully saturated rings. The van der Waals surface area contributed by atoms with Crippen molar-refractivity contribution in [3.05, 3.63) is 22.7 Å². The second-order valence-corrected chi connectivity index (χ2v) is 4.24. The maximum Gasteiger partial charge on any atom is 0.135 e. The Labute approximate surface area is 94.8 Å². The van der Waals surface area contributed by atoms with Gasteiger partial charge in [0.15, 0.2) is 0 Å². The average Bonchev–Trinajstić information content (AvgIpc) is 2.70. The van der Waals surface area contributed by atoms with Crippen LogP contribution in [0.4, 0.5) is 0 Å². The molecule has 1 saturated heterocycles. The molecule has 3 nitrogen and oxygen atoms in total. The van der Waals surface area contributed by atoms with Gasteiger partial charge in [0, 0.05) is 18.2 Å². The molecule has 0 radical (unpaired) electrons. The lowest BCUT2D eigenvalue weighted by atomic mass is 10.1. The van der Waals surface area contributed by atoms with Crippen molar-refractivity contribution in [2.24, 2.45) is 0 Å². The van der Waals surface area contributed by atoms with Crippen molar-refractivity contribution >= 4 is 11.6 Å². The molecule has 15 heavy (non-hydrogen) atoms. The van der Waals surface area contributed by atoms with Crippen LogP contribution in [-0.4, -0.2) is 23.2 Å². The number of rotatable bonds is 3. The van der Waals surface area contributed by atoms with Gasteiger partial charge < -0.3 is 4.74 Å². The van der Waals surface area contributed by atoms with Crippen molar-refractivity contribution < 1.29 is 4.74 Å². The number of nitrogens with zero attached hydrogens (tertiary/aromatic N) is 2. The summed E-state index contributed by atoms with van der Waals surface area (Å²) in [6.45, 7) is 3.67. The second kappa shape index (κ2) is 4.90. The van der Waals surface area contributed by atoms with E-state index in [0.29, 0.717) is 11.1 Å². The second-order valence-electron chi connectivity index (χ2n) is 3.85. The predicted molar refractivity (Wildman–Crippen MR) is 59.2 cm³/mol. The van der Waals surface area contributed by atoms with Gasteiger partial charge in [-0.3, -0.25) is 0 Å². The van der Waals surface area contributed by atoms with Crippen molar-refractivity contribution in [2.75, 3.05) is 13.2 Å². The smallest absolute Gasteiger partial charge is 0.135 e. The van der Waals surface area contributed by atoms with Gasteiger partial charge in [-0.05, 0) is 18.9 Å². The molecule has 82 valence electrons. The van der Waals surface area contributed by atoms with E-state index in [1.807, 2.05) is 6.07 Å². The van der Waals surface area contributed by atoms with E-state index in [9.17, 15) is 0 Å². The predicted octanol–water partition coefficient (Wildman–Crippen LogP) is 2.59. The third-order valence-electron chi connectivity index (χ3n) is 2.57. The van der Waals surface area contributed by atoms with Gasteiger partial charge in [-0.15, -0.1) is 0 Å². The summed E-state index contributed by atoms with van der Waals surface area (Å²) in [6.07, 6.45) is 3.04. The molecule has 1 aromatic rings. The minimum absolute atomic E-state index is 0.333. The summed E-state index contributed by atoms with van der Waals surface area (Å²) < 4.78 is 5.33. The molecular weight excluding hydrogens is 212 g/mol. The quantitative estimate of drug-likeness (QED) is 0.744. The first-order chi connectivity index (χ1) is 7.29. The van der Waals surface area contributed by atoms with Gasteiger partial charge in [0.25, 0.3) is 0 Å². The molecule has 1 aromatic heterocycles. The Hall–Kier alpha value is -0.670. The Bertz CT molecular complexity index is 337. The zero-order valence-corrected chi connectivity index (χ0v) is 9.63. The molecule has 4 heteroatoms. The van der Waals surface area contributed by atoms with E-state index in [1.54, 1.807) is 0 Å². The standard InChI is InChI=1S/C11H15ClN2O/c1-2-3-9-6-10(12)14-11(13-9)8-4-5-15-7-8/h6,8H,2-5,7H2,1H3. The minimum atomic E-state index is 0.333. The zero-order valence-electron chi connectivity index (χ0n) is 8.87. The van der Waals surface area contributed by atoms with Gasteiger partial charge in [-0.1, -0.05) is 24.9 Å². The summed E-state index contributed by atoms with van der Waals surface area (Å²) in [6, 6.07) is 1.85. The van der Waals surface area contributed by atoms with Crippen LogP contribution >= 0.6 is 11.6 Å². The molecule has 0 spiro atoms. The van der Waals surface area contributed by atoms with Crippen LogP contribution in [0.2, 0.25) is 5.15 Å². The summed E-state index contributed by atoms with van der Waals surface area (Å²) >= 11 is 5.97. The molecule has 0 aliphatic carbocycles. The highest BCUT2D eigenvalue weighted by Crippen LogP contribution is 2.23. The number of ether oxygens (including phenoxy) is 1. The van der Waals surface area contributed by atoms with Crippen LogP contribution in [0.25, 0.3) is 0 Å². The Morgan fingerprint density at radius 3 is 3.07 bits per heavy atom. The largest absolute Gasteiger partial charge is 0.381 e. The molecule has 2 heterocycles. The zero-order chi connectivity index (χ0) is 10.7. The van der Waals surface area contributed by atoms with Crippen LogP contribution in [-0.2, 0) is 11.2 Å². The summed E-state index contributed by atoms with van der Waals surface area (Å²) in [5.41, 5.74) is 1.04. The number of halogens is 1. The fourth-order valence-corrected chi connectivity index (χ4v) is 2.00. The van der Waals surface area contributed by atoms with Crippen LogP contribution in [0.1, 0.15) is 37.2 Å². The third-order valence-corrected chi connectivity index (χ3v) is 2.76. The summed E-state index contributed by atoms with van der Waals surface area (Å²) in [4.78, 5) is 8.80. The van der Waals surface area contributed by atoms with Crippen LogP contribution in [0, 0.1) is 0 Å². The summed E-state index contributed by atoms with van der Waals surface area (Å²) in [7, 11) is 0. The normalized spacial score (nSPS) is 20.8. The van der Waals surface area contributed by atoms with Crippen LogP contribution in [0.5, 0.6) is 0 Å². The van der Waals surface area contributed by atoms with Crippen molar-refractivity contribution in [3.63, 3.8) is 0 Å². The van der Waals surface area contributed by atoms with Crippen LogP contribution in [0.3, 0.4) is 0 Å². The fraction of sp³-hybridized carbons (Fsp3) is 0.636. The molecule has 0 aromatic carbocycles. The van der Waals surface area contributed by atoms with Gasteiger partial charge in [-0.2, -0.15) is 0 Å². The topological polar surface area (TPSA) is 35.0 Å². The number of aromatic nitrogens is 2. The average molecular weight is 227 g/mol. The lowest BCUT2D eigenvalue weighted by molar-refractivity contribution is 0.193. The Kier molecular flexibility index (Phi) is 3.54. The Morgan fingerprint density at radius 1 is 1.53 bits per heavy atom. The Morgan fingerprint density at radius 2 is 2.40 bits per heavy atom. The number of hydrogen-bond donors (Lipinski definition) is 0. The molecule has 0 bridgehead atoms. The van der Waals surface area contributed by atoms with Gasteiger partial charge in [0.05, 0.1) is 6.61 Å². The van der Waals surface area contributed by atoms with E-state index in [2.05, 4.69) is 16.9 Å². The number of hydrogen-bond acceptors (Lipinski definition) is 3. The highest BCUT2D eigenvalue weighted by molar-refractivity contribution is 6.29. The van der Waals surface area contributed by atoms with Crippen molar-refractivity contribution in [1.29, 1.82) is 0 Å².